The molecule has 1 saturated heterocycles. The molecule has 3 rings (SSSR count). The van der Waals surface area contributed by atoms with Crippen molar-refractivity contribution in [3.05, 3.63) is 34.6 Å². The molecule has 0 spiro atoms. The molecule has 0 unspecified atom stereocenters. The first kappa shape index (κ1) is 18.1. The van der Waals surface area contributed by atoms with Crippen molar-refractivity contribution < 1.29 is 9.53 Å². The number of thioether (sulfide) groups is 1. The summed E-state index contributed by atoms with van der Waals surface area (Å²) in [7, 11) is 0. The highest BCUT2D eigenvalue weighted by Crippen LogP contribution is 2.20. The number of carbonyl (C=O) groups excluding carboxylic acids is 1. The Balaban J connectivity index is 1.53. The lowest BCUT2D eigenvalue weighted by Crippen LogP contribution is -2.36. The number of carbonyl (C=O) groups is 1. The normalized spacial score (nSPS) is 14.5. The van der Waals surface area contributed by atoms with Gasteiger partial charge in [0.1, 0.15) is 12.4 Å². The molecule has 2 heterocycles. The first-order chi connectivity index (χ1) is 12.1. The number of aromatic nitrogens is 3. The average molecular weight is 426 g/mol. The van der Waals surface area contributed by atoms with Crippen LogP contribution in [0.25, 0.3) is 0 Å². The third-order valence-electron chi connectivity index (χ3n) is 3.93. The molecular weight excluding hydrogens is 406 g/mol. The van der Waals surface area contributed by atoms with E-state index in [0.717, 1.165) is 30.4 Å². The number of nitrogen functional groups attached to an aromatic ring is 1. The zero-order valence-corrected chi connectivity index (χ0v) is 16.1. The number of ether oxygens (including phenoxy) is 1. The van der Waals surface area contributed by atoms with Crippen LogP contribution in [0.5, 0.6) is 5.75 Å². The van der Waals surface area contributed by atoms with Crippen LogP contribution in [0.4, 0.5) is 0 Å². The van der Waals surface area contributed by atoms with Crippen molar-refractivity contribution in [1.82, 2.24) is 19.8 Å². The van der Waals surface area contributed by atoms with Gasteiger partial charge in [-0.2, -0.15) is 0 Å². The van der Waals surface area contributed by atoms with Gasteiger partial charge in [0.15, 0.2) is 5.82 Å². The van der Waals surface area contributed by atoms with Gasteiger partial charge in [-0.25, -0.2) is 4.68 Å². The number of hydrogen-bond donors (Lipinski definition) is 1. The van der Waals surface area contributed by atoms with Crippen molar-refractivity contribution in [1.29, 1.82) is 0 Å². The van der Waals surface area contributed by atoms with Crippen molar-refractivity contribution in [2.24, 2.45) is 0 Å². The molecule has 1 aliphatic rings. The zero-order chi connectivity index (χ0) is 17.6. The summed E-state index contributed by atoms with van der Waals surface area (Å²) in [5.41, 5.74) is 0. The highest BCUT2D eigenvalue weighted by atomic mass is 79.9. The molecule has 0 atom stereocenters. The Kier molecular flexibility index (Phi) is 6.19. The molecule has 0 aliphatic carbocycles. The third-order valence-corrected chi connectivity index (χ3v) is 5.35. The summed E-state index contributed by atoms with van der Waals surface area (Å²) < 4.78 is 7.99. The summed E-state index contributed by atoms with van der Waals surface area (Å²) in [6.07, 6.45) is 3.37. The molecule has 0 radical (unpaired) electrons. The van der Waals surface area contributed by atoms with E-state index in [-0.39, 0.29) is 12.5 Å². The summed E-state index contributed by atoms with van der Waals surface area (Å²) in [5.74, 6) is 7.69. The second kappa shape index (κ2) is 8.57. The summed E-state index contributed by atoms with van der Waals surface area (Å²) in [5, 5.41) is 8.61. The predicted octanol–water partition coefficient (Wildman–Crippen LogP) is 2.44. The standard InChI is InChI=1S/C16H20BrN5O2S/c17-12-5-4-6-13(9-12)24-10-14-19-20-16(22(14)18)25-11-15(23)21-7-2-1-3-8-21/h4-6,9H,1-3,7-8,10-11,18H2. The minimum absolute atomic E-state index is 0.125. The first-order valence-electron chi connectivity index (χ1n) is 8.12. The third kappa shape index (κ3) is 4.88. The number of halogens is 1. The molecule has 1 aliphatic heterocycles. The van der Waals surface area contributed by atoms with Crippen molar-refractivity contribution >= 4 is 33.6 Å². The fraction of sp³-hybridized carbons (Fsp3) is 0.438. The van der Waals surface area contributed by atoms with E-state index in [0.29, 0.717) is 22.5 Å². The lowest BCUT2D eigenvalue weighted by molar-refractivity contribution is -0.129. The second-order valence-electron chi connectivity index (χ2n) is 5.74. The van der Waals surface area contributed by atoms with E-state index in [1.54, 1.807) is 0 Å². The Hall–Kier alpha value is -1.74. The highest BCUT2D eigenvalue weighted by Gasteiger charge is 2.18. The number of hydrogen-bond acceptors (Lipinski definition) is 6. The first-order valence-corrected chi connectivity index (χ1v) is 9.89. The lowest BCUT2D eigenvalue weighted by Gasteiger charge is -2.26. The van der Waals surface area contributed by atoms with Crippen molar-refractivity contribution in [3.8, 4) is 5.75 Å². The quantitative estimate of drug-likeness (QED) is 0.564. The molecule has 134 valence electrons. The summed E-state index contributed by atoms with van der Waals surface area (Å²) in [4.78, 5) is 14.1. The Labute approximate surface area is 159 Å². The van der Waals surface area contributed by atoms with E-state index in [4.69, 9.17) is 10.6 Å². The SMILES string of the molecule is Nn1c(COc2cccc(Br)c2)nnc1SCC(=O)N1CCCCC1. The van der Waals surface area contributed by atoms with Gasteiger partial charge in [0.25, 0.3) is 0 Å². The Bertz CT molecular complexity index is 733. The maximum absolute atomic E-state index is 12.2. The smallest absolute Gasteiger partial charge is 0.233 e. The molecule has 1 aromatic heterocycles. The van der Waals surface area contributed by atoms with Gasteiger partial charge in [0, 0.05) is 17.6 Å². The fourth-order valence-electron chi connectivity index (χ4n) is 2.57. The van der Waals surface area contributed by atoms with E-state index >= 15 is 0 Å². The second-order valence-corrected chi connectivity index (χ2v) is 7.60. The van der Waals surface area contributed by atoms with Crippen LogP contribution in [0.2, 0.25) is 0 Å². The van der Waals surface area contributed by atoms with Crippen LogP contribution >= 0.6 is 27.7 Å². The van der Waals surface area contributed by atoms with E-state index in [1.807, 2.05) is 29.2 Å². The Morgan fingerprint density at radius 2 is 2.08 bits per heavy atom. The van der Waals surface area contributed by atoms with Gasteiger partial charge < -0.3 is 15.5 Å². The summed E-state index contributed by atoms with van der Waals surface area (Å²) in [6.45, 7) is 1.90. The number of nitrogens with zero attached hydrogens (tertiary/aromatic N) is 4. The minimum atomic E-state index is 0.125. The van der Waals surface area contributed by atoms with Gasteiger partial charge >= 0.3 is 0 Å². The van der Waals surface area contributed by atoms with Crippen LogP contribution in [-0.2, 0) is 11.4 Å². The molecule has 2 N–H and O–H groups in total. The van der Waals surface area contributed by atoms with Gasteiger partial charge in [-0.05, 0) is 37.5 Å². The van der Waals surface area contributed by atoms with Crippen LogP contribution in [0, 0.1) is 0 Å². The highest BCUT2D eigenvalue weighted by molar-refractivity contribution is 9.10. The number of piperidine rings is 1. The number of nitrogens with two attached hydrogens (primary N) is 1. The Morgan fingerprint density at radius 1 is 1.28 bits per heavy atom. The van der Waals surface area contributed by atoms with Gasteiger partial charge in [-0.3, -0.25) is 4.79 Å². The van der Waals surface area contributed by atoms with Crippen molar-refractivity contribution in [3.63, 3.8) is 0 Å². The fourth-order valence-corrected chi connectivity index (χ4v) is 3.73. The molecule has 2 aromatic rings. The molecule has 7 nitrogen and oxygen atoms in total. The molecule has 9 heteroatoms. The maximum Gasteiger partial charge on any atom is 0.233 e. The summed E-state index contributed by atoms with van der Waals surface area (Å²) in [6, 6.07) is 7.53. The number of rotatable bonds is 6. The Morgan fingerprint density at radius 3 is 2.84 bits per heavy atom. The minimum Gasteiger partial charge on any atom is -0.485 e. The lowest BCUT2D eigenvalue weighted by atomic mass is 10.1. The molecule has 0 bridgehead atoms. The van der Waals surface area contributed by atoms with Gasteiger partial charge in [-0.1, -0.05) is 33.8 Å². The molecule has 25 heavy (non-hydrogen) atoms. The molecule has 0 saturated carbocycles. The van der Waals surface area contributed by atoms with E-state index < -0.39 is 0 Å². The van der Waals surface area contributed by atoms with Gasteiger partial charge in [-0.15, -0.1) is 10.2 Å². The van der Waals surface area contributed by atoms with Crippen LogP contribution in [0.15, 0.2) is 33.9 Å². The average Bonchev–Trinajstić information content (AvgIpc) is 2.98. The predicted molar refractivity (Wildman–Crippen MR) is 99.8 cm³/mol. The molecular formula is C16H20BrN5O2S. The maximum atomic E-state index is 12.2. The molecule has 1 aromatic carbocycles. The summed E-state index contributed by atoms with van der Waals surface area (Å²) >= 11 is 4.70. The van der Waals surface area contributed by atoms with Crippen molar-refractivity contribution in [2.45, 2.75) is 31.0 Å². The van der Waals surface area contributed by atoms with E-state index in [2.05, 4.69) is 26.1 Å². The zero-order valence-electron chi connectivity index (χ0n) is 13.7. The van der Waals surface area contributed by atoms with E-state index in [9.17, 15) is 4.79 Å². The molecule has 1 amide bonds. The number of likely N-dealkylation sites (tertiary alicyclic amines) is 1. The van der Waals surface area contributed by atoms with Crippen LogP contribution in [0.1, 0.15) is 25.1 Å². The number of benzene rings is 1. The monoisotopic (exact) mass is 425 g/mol. The van der Waals surface area contributed by atoms with Crippen LogP contribution < -0.4 is 10.6 Å². The van der Waals surface area contributed by atoms with Crippen LogP contribution in [-0.4, -0.2) is 44.5 Å². The largest absolute Gasteiger partial charge is 0.485 e. The molecule has 1 fully saturated rings. The van der Waals surface area contributed by atoms with Crippen LogP contribution in [0.3, 0.4) is 0 Å². The topological polar surface area (TPSA) is 86.3 Å². The van der Waals surface area contributed by atoms with Gasteiger partial charge in [0.2, 0.25) is 11.1 Å². The van der Waals surface area contributed by atoms with Crippen molar-refractivity contribution in [2.75, 3.05) is 24.7 Å². The van der Waals surface area contributed by atoms with Gasteiger partial charge in [0.05, 0.1) is 5.75 Å². The number of amides is 1. The van der Waals surface area contributed by atoms with E-state index in [1.165, 1.54) is 22.9 Å².